The zero-order valence-corrected chi connectivity index (χ0v) is 17.3. The van der Waals surface area contributed by atoms with Crippen LogP contribution in [0.5, 0.6) is 5.75 Å². The van der Waals surface area contributed by atoms with Crippen molar-refractivity contribution >= 4 is 24.0 Å². The third-order valence-corrected chi connectivity index (χ3v) is 5.99. The van der Waals surface area contributed by atoms with Crippen molar-refractivity contribution in [3.8, 4) is 5.75 Å². The number of nitrogens with one attached hydrogen (secondary N) is 1. The highest BCUT2D eigenvalue weighted by Gasteiger charge is 2.49. The van der Waals surface area contributed by atoms with Gasteiger partial charge in [-0.25, -0.2) is 0 Å². The standard InChI is InChI=1S/C23H28N2O3.ClH/c24-22-18-10-9-17(14-18)21(22)23(26)25-19-6-4-5-16(13-19)15-27-11-12-28-20-7-2-1-3-8-20;/h1-8,13,17-18,21-22H,9-12,14-15,24H2,(H,25,26);1H. The van der Waals surface area contributed by atoms with Crippen LogP contribution < -0.4 is 15.8 Å². The number of halogens is 1. The van der Waals surface area contributed by atoms with Crippen LogP contribution in [0.2, 0.25) is 0 Å². The van der Waals surface area contributed by atoms with E-state index in [0.717, 1.165) is 29.8 Å². The molecule has 2 bridgehead atoms. The molecule has 0 saturated heterocycles. The first kappa shape index (κ1) is 21.6. The van der Waals surface area contributed by atoms with Crippen LogP contribution in [0.15, 0.2) is 54.6 Å². The average molecular weight is 417 g/mol. The molecule has 0 aliphatic heterocycles. The molecular formula is C23H29ClN2O3. The monoisotopic (exact) mass is 416 g/mol. The number of anilines is 1. The fraction of sp³-hybridized carbons (Fsp3) is 0.435. The Bertz CT molecular complexity index is 800. The van der Waals surface area contributed by atoms with Gasteiger partial charge >= 0.3 is 0 Å². The maximum Gasteiger partial charge on any atom is 0.229 e. The van der Waals surface area contributed by atoms with Crippen LogP contribution in [0.25, 0.3) is 0 Å². The lowest BCUT2D eigenvalue weighted by Gasteiger charge is -2.27. The molecule has 2 aromatic rings. The fourth-order valence-electron chi connectivity index (χ4n) is 4.61. The summed E-state index contributed by atoms with van der Waals surface area (Å²) in [5.74, 6) is 1.84. The van der Waals surface area contributed by atoms with E-state index >= 15 is 0 Å². The molecule has 2 aliphatic rings. The van der Waals surface area contributed by atoms with Crippen molar-refractivity contribution < 1.29 is 14.3 Å². The lowest BCUT2D eigenvalue weighted by atomic mass is 9.84. The summed E-state index contributed by atoms with van der Waals surface area (Å²) in [6.45, 7) is 1.49. The molecule has 2 fully saturated rings. The Balaban J connectivity index is 0.00000240. The number of rotatable bonds is 8. The van der Waals surface area contributed by atoms with Gasteiger partial charge in [0.1, 0.15) is 12.4 Å². The SMILES string of the molecule is Cl.NC1C2CCC(C2)C1C(=O)Nc1cccc(COCCOc2ccccc2)c1. The van der Waals surface area contributed by atoms with Crippen molar-refractivity contribution in [3.05, 3.63) is 60.2 Å². The van der Waals surface area contributed by atoms with Crippen LogP contribution >= 0.6 is 12.4 Å². The lowest BCUT2D eigenvalue weighted by Crippen LogP contribution is -2.42. The van der Waals surface area contributed by atoms with E-state index in [-0.39, 0.29) is 30.3 Å². The second kappa shape index (κ2) is 10.1. The van der Waals surface area contributed by atoms with Gasteiger partial charge in [0, 0.05) is 11.7 Å². The number of amides is 1. The van der Waals surface area contributed by atoms with E-state index < -0.39 is 0 Å². The fourth-order valence-corrected chi connectivity index (χ4v) is 4.61. The van der Waals surface area contributed by atoms with Crippen LogP contribution in [0, 0.1) is 17.8 Å². The summed E-state index contributed by atoms with van der Waals surface area (Å²) in [5.41, 5.74) is 8.12. The van der Waals surface area contributed by atoms with Crippen molar-refractivity contribution in [3.63, 3.8) is 0 Å². The van der Waals surface area contributed by atoms with Crippen LogP contribution in [-0.4, -0.2) is 25.2 Å². The van der Waals surface area contributed by atoms with Gasteiger partial charge in [-0.15, -0.1) is 12.4 Å². The minimum atomic E-state index is -0.0474. The summed E-state index contributed by atoms with van der Waals surface area (Å²) in [4.78, 5) is 12.7. The predicted octanol–water partition coefficient (Wildman–Crippen LogP) is 4.02. The zero-order chi connectivity index (χ0) is 19.3. The van der Waals surface area contributed by atoms with E-state index in [1.807, 2.05) is 54.6 Å². The number of hydrogen-bond donors (Lipinski definition) is 2. The second-order valence-electron chi connectivity index (χ2n) is 7.84. The molecule has 156 valence electrons. The quantitative estimate of drug-likeness (QED) is 0.637. The van der Waals surface area contributed by atoms with Gasteiger partial charge < -0.3 is 20.5 Å². The molecule has 5 nitrogen and oxygen atoms in total. The van der Waals surface area contributed by atoms with E-state index in [1.165, 1.54) is 6.42 Å². The molecule has 0 radical (unpaired) electrons. The zero-order valence-electron chi connectivity index (χ0n) is 16.5. The Labute approximate surface area is 178 Å². The Hall–Kier alpha value is -2.08. The molecule has 4 atom stereocenters. The first-order valence-corrected chi connectivity index (χ1v) is 10.1. The van der Waals surface area contributed by atoms with E-state index in [0.29, 0.717) is 31.7 Å². The van der Waals surface area contributed by atoms with Gasteiger partial charge in [-0.05, 0) is 60.9 Å². The van der Waals surface area contributed by atoms with Crippen molar-refractivity contribution in [2.45, 2.75) is 31.9 Å². The molecular weight excluding hydrogens is 388 g/mol. The minimum absolute atomic E-state index is 0. The average Bonchev–Trinajstić information content (AvgIpc) is 3.30. The molecule has 0 aromatic heterocycles. The first-order chi connectivity index (χ1) is 13.7. The number of carbonyl (C=O) groups excluding carboxylic acids is 1. The Kier molecular flexibility index (Phi) is 7.53. The topological polar surface area (TPSA) is 73.6 Å². The van der Waals surface area contributed by atoms with Crippen LogP contribution in [0.3, 0.4) is 0 Å². The largest absolute Gasteiger partial charge is 0.491 e. The smallest absolute Gasteiger partial charge is 0.229 e. The minimum Gasteiger partial charge on any atom is -0.491 e. The summed E-state index contributed by atoms with van der Waals surface area (Å²) in [5, 5.41) is 3.06. The molecule has 6 heteroatoms. The molecule has 3 N–H and O–H groups in total. The van der Waals surface area contributed by atoms with Crippen LogP contribution in [-0.2, 0) is 16.1 Å². The number of nitrogens with two attached hydrogens (primary N) is 1. The number of hydrogen-bond acceptors (Lipinski definition) is 4. The molecule has 2 aliphatic carbocycles. The van der Waals surface area contributed by atoms with Crippen molar-refractivity contribution in [1.82, 2.24) is 0 Å². The molecule has 2 aromatic carbocycles. The maximum atomic E-state index is 12.7. The number of benzene rings is 2. The summed E-state index contributed by atoms with van der Waals surface area (Å²) in [6.07, 6.45) is 3.42. The normalized spacial score (nSPS) is 24.7. The number of para-hydroxylation sites is 1. The number of fused-ring (bicyclic) bond motifs is 2. The third kappa shape index (κ3) is 5.30. The molecule has 2 saturated carbocycles. The van der Waals surface area contributed by atoms with E-state index in [4.69, 9.17) is 15.2 Å². The summed E-state index contributed by atoms with van der Waals surface area (Å²) >= 11 is 0. The van der Waals surface area contributed by atoms with Gasteiger partial charge in [-0.2, -0.15) is 0 Å². The van der Waals surface area contributed by atoms with Gasteiger partial charge in [0.15, 0.2) is 0 Å². The van der Waals surface area contributed by atoms with Crippen LogP contribution in [0.1, 0.15) is 24.8 Å². The molecule has 0 heterocycles. The van der Waals surface area contributed by atoms with E-state index in [1.54, 1.807) is 0 Å². The maximum absolute atomic E-state index is 12.7. The number of ether oxygens (including phenoxy) is 2. The molecule has 29 heavy (non-hydrogen) atoms. The highest BCUT2D eigenvalue weighted by molar-refractivity contribution is 5.93. The van der Waals surface area contributed by atoms with Gasteiger partial charge in [-0.3, -0.25) is 4.79 Å². The van der Waals surface area contributed by atoms with Gasteiger partial charge in [-0.1, -0.05) is 30.3 Å². The van der Waals surface area contributed by atoms with Gasteiger partial charge in [0.05, 0.1) is 19.1 Å². The Morgan fingerprint density at radius 1 is 1.03 bits per heavy atom. The van der Waals surface area contributed by atoms with Gasteiger partial charge in [0.25, 0.3) is 0 Å². The highest BCUT2D eigenvalue weighted by Crippen LogP contribution is 2.47. The molecule has 4 rings (SSSR count). The van der Waals surface area contributed by atoms with E-state index in [9.17, 15) is 4.79 Å². The molecule has 0 spiro atoms. The van der Waals surface area contributed by atoms with Crippen molar-refractivity contribution in [2.75, 3.05) is 18.5 Å². The summed E-state index contributed by atoms with van der Waals surface area (Å²) in [7, 11) is 0. The third-order valence-electron chi connectivity index (χ3n) is 5.99. The van der Waals surface area contributed by atoms with Crippen LogP contribution in [0.4, 0.5) is 5.69 Å². The van der Waals surface area contributed by atoms with Crippen molar-refractivity contribution in [1.29, 1.82) is 0 Å². The van der Waals surface area contributed by atoms with Crippen molar-refractivity contribution in [2.24, 2.45) is 23.5 Å². The second-order valence-corrected chi connectivity index (χ2v) is 7.84. The lowest BCUT2D eigenvalue weighted by molar-refractivity contribution is -0.121. The Morgan fingerprint density at radius 2 is 1.83 bits per heavy atom. The highest BCUT2D eigenvalue weighted by atomic mass is 35.5. The first-order valence-electron chi connectivity index (χ1n) is 10.1. The summed E-state index contributed by atoms with van der Waals surface area (Å²) < 4.78 is 11.3. The number of carbonyl (C=O) groups is 1. The van der Waals surface area contributed by atoms with E-state index in [2.05, 4.69) is 5.32 Å². The predicted molar refractivity (Wildman–Crippen MR) is 116 cm³/mol. The van der Waals surface area contributed by atoms with Gasteiger partial charge in [0.2, 0.25) is 5.91 Å². The molecule has 4 unspecified atom stereocenters. The molecule has 1 amide bonds. The Morgan fingerprint density at radius 3 is 2.59 bits per heavy atom. The summed E-state index contributed by atoms with van der Waals surface area (Å²) in [6, 6.07) is 17.5.